The normalized spacial score (nSPS) is 14.6. The molecule has 0 fully saturated rings. The summed E-state index contributed by atoms with van der Waals surface area (Å²) in [5.74, 6) is 0.227. The second-order valence-electron chi connectivity index (χ2n) is 4.07. The molecule has 102 valence electrons. The molecule has 0 saturated carbocycles. The van der Waals surface area contributed by atoms with Crippen LogP contribution in [0.2, 0.25) is 0 Å². The summed E-state index contributed by atoms with van der Waals surface area (Å²) in [6, 6.07) is 0. The summed E-state index contributed by atoms with van der Waals surface area (Å²) >= 11 is 0. The van der Waals surface area contributed by atoms with Crippen molar-refractivity contribution in [3.05, 3.63) is 22.8 Å². The van der Waals surface area contributed by atoms with E-state index in [0.717, 1.165) is 0 Å². The van der Waals surface area contributed by atoms with Crippen LogP contribution in [0.4, 0.5) is 0 Å². The van der Waals surface area contributed by atoms with E-state index >= 15 is 0 Å². The third kappa shape index (κ3) is 8.00. The number of hydrogen-bond acceptors (Lipinski definition) is 1. The van der Waals surface area contributed by atoms with E-state index in [4.69, 9.17) is 9.90 Å². The molecule has 2 nitrogen and oxygen atoms in total. The number of hydrogen-bond donors (Lipinski definition) is 1. The molecule has 0 aromatic carbocycles. The number of carboxylic acid groups (broad SMARTS) is 1. The largest absolute Gasteiger partial charge is 0.472 e. The van der Waals surface area contributed by atoms with Crippen molar-refractivity contribution in [2.24, 2.45) is 5.41 Å². The molecule has 1 aliphatic carbocycles. The number of terminal acetylenes is 1. The smallest absolute Gasteiger partial charge is 0.381 e. The average Bonchev–Trinajstić information content (AvgIpc) is 2.30. The Hall–Kier alpha value is -0.196. The van der Waals surface area contributed by atoms with Gasteiger partial charge in [0.1, 0.15) is 0 Å². The molecule has 0 radical (unpaired) electrons. The van der Waals surface area contributed by atoms with Gasteiger partial charge in [-0.3, -0.25) is 6.08 Å². The molecule has 18 heavy (non-hydrogen) atoms. The van der Waals surface area contributed by atoms with Crippen molar-refractivity contribution in [1.82, 2.24) is 0 Å². The van der Waals surface area contributed by atoms with Gasteiger partial charge in [-0.2, -0.15) is 11.1 Å². The first-order valence-electron chi connectivity index (χ1n) is 4.72. The number of allylic oxidation sites excluding steroid dienone is 4. The number of carboxylic acids is 1. The zero-order valence-corrected chi connectivity index (χ0v) is 14.4. The van der Waals surface area contributed by atoms with Crippen molar-refractivity contribution in [3.63, 3.8) is 0 Å². The molecule has 1 N–H and O–H groups in total. The quantitative estimate of drug-likeness (QED) is 0.419. The van der Waals surface area contributed by atoms with Crippen molar-refractivity contribution in [2.75, 3.05) is 0 Å². The molecule has 0 aromatic heterocycles. The van der Waals surface area contributed by atoms with Crippen LogP contribution >= 0.6 is 24.8 Å². The summed E-state index contributed by atoms with van der Waals surface area (Å²) in [5.41, 5.74) is 4.39. The predicted octanol–water partition coefficient (Wildman–Crippen LogP) is 3.66. The van der Waals surface area contributed by atoms with Crippen LogP contribution in [0.25, 0.3) is 0 Å². The van der Waals surface area contributed by atoms with Crippen LogP contribution in [0.1, 0.15) is 34.6 Å². The zero-order valence-electron chi connectivity index (χ0n) is 11.2. The Bertz CT molecular complexity index is 377. The maximum Gasteiger partial charge on any atom is 0.381 e. The van der Waals surface area contributed by atoms with Crippen LogP contribution in [0.3, 0.4) is 0 Å². The van der Waals surface area contributed by atoms with E-state index in [2.05, 4.69) is 47.1 Å². The molecule has 5 heteroatoms. The van der Waals surface area contributed by atoms with Gasteiger partial charge in [-0.1, -0.05) is 33.1 Å². The first kappa shape index (κ1) is 26.4. The standard InChI is InChI=1S/C10H15.C3H2O2.2ClH.Ti/c1-7-6-10(4,5)9(3)8(7)2;1-2-3(4)5;;;/h1-5H3;1H,(H,4,5);2*1H;/q-1;;;;. The van der Waals surface area contributed by atoms with Crippen molar-refractivity contribution in [3.8, 4) is 12.3 Å². The van der Waals surface area contributed by atoms with E-state index in [-0.39, 0.29) is 51.9 Å². The van der Waals surface area contributed by atoms with Gasteiger partial charge in [0, 0.05) is 27.6 Å². The van der Waals surface area contributed by atoms with E-state index in [1.54, 1.807) is 0 Å². The van der Waals surface area contributed by atoms with Gasteiger partial charge in [-0.15, -0.1) is 38.2 Å². The van der Waals surface area contributed by atoms with Crippen molar-refractivity contribution in [2.45, 2.75) is 34.6 Å². The second kappa shape index (κ2) is 10.7. The fourth-order valence-corrected chi connectivity index (χ4v) is 1.41. The van der Waals surface area contributed by atoms with Gasteiger partial charge in [0.05, 0.1) is 0 Å². The van der Waals surface area contributed by atoms with Gasteiger partial charge in [0.25, 0.3) is 0 Å². The summed E-state index contributed by atoms with van der Waals surface area (Å²) < 4.78 is 0. The second-order valence-corrected chi connectivity index (χ2v) is 4.07. The van der Waals surface area contributed by atoms with E-state index in [0.29, 0.717) is 0 Å². The molecule has 1 aliphatic rings. The fourth-order valence-electron chi connectivity index (χ4n) is 1.41. The maximum absolute atomic E-state index is 9.13. The van der Waals surface area contributed by atoms with Gasteiger partial charge in [0.2, 0.25) is 0 Å². The molecule has 1 rings (SSSR count). The Morgan fingerprint density at radius 1 is 1.28 bits per heavy atom. The minimum Gasteiger partial charge on any atom is -0.472 e. The molecule has 0 saturated heterocycles. The third-order valence-electron chi connectivity index (χ3n) is 2.69. The first-order chi connectivity index (χ1) is 6.72. The monoisotopic (exact) mass is 325 g/mol. The van der Waals surface area contributed by atoms with Gasteiger partial charge >= 0.3 is 5.97 Å². The topological polar surface area (TPSA) is 37.3 Å². The number of aliphatic carboxylic acids is 1. The van der Waals surface area contributed by atoms with Crippen LogP contribution in [-0.4, -0.2) is 11.1 Å². The molecule has 0 bridgehead atoms. The van der Waals surface area contributed by atoms with Crippen molar-refractivity contribution >= 4 is 30.8 Å². The molecular formula is C13H19Cl2O2Ti-. The Balaban J connectivity index is -0.000000109. The Labute approximate surface area is 137 Å². The van der Waals surface area contributed by atoms with Crippen LogP contribution in [-0.2, 0) is 26.5 Å². The average molecular weight is 326 g/mol. The first-order valence-corrected chi connectivity index (χ1v) is 4.72. The molecule has 0 heterocycles. The molecule has 0 unspecified atom stereocenters. The van der Waals surface area contributed by atoms with E-state index in [1.807, 2.05) is 0 Å². The third-order valence-corrected chi connectivity index (χ3v) is 2.69. The molecular weight excluding hydrogens is 307 g/mol. The van der Waals surface area contributed by atoms with E-state index in [9.17, 15) is 0 Å². The molecule has 0 amide bonds. The Morgan fingerprint density at radius 2 is 1.61 bits per heavy atom. The van der Waals surface area contributed by atoms with Gasteiger partial charge < -0.3 is 5.11 Å². The summed E-state index contributed by atoms with van der Waals surface area (Å²) in [7, 11) is 0. The fraction of sp³-hybridized carbons (Fsp3) is 0.462. The van der Waals surface area contributed by atoms with Crippen LogP contribution in [0, 0.1) is 23.8 Å². The van der Waals surface area contributed by atoms with Crippen LogP contribution < -0.4 is 0 Å². The van der Waals surface area contributed by atoms with Crippen LogP contribution in [0.15, 0.2) is 16.7 Å². The maximum atomic E-state index is 9.13. The van der Waals surface area contributed by atoms with E-state index in [1.165, 1.54) is 22.6 Å². The summed E-state index contributed by atoms with van der Waals surface area (Å²) in [6.07, 6.45) is 7.76. The summed E-state index contributed by atoms with van der Waals surface area (Å²) in [5, 5.41) is 7.49. The predicted molar refractivity (Wildman–Crippen MR) is 75.5 cm³/mol. The SMILES string of the molecule is C#CC(=O)O.CC1=[C-]C(C)(C)C(C)=C1C.Cl.Cl.[Ti]. The van der Waals surface area contributed by atoms with Gasteiger partial charge in [-0.25, -0.2) is 10.4 Å². The molecule has 0 aliphatic heterocycles. The number of halogens is 2. The number of carbonyl (C=O) groups is 1. The minimum atomic E-state index is -1.22. The Morgan fingerprint density at radius 3 is 1.67 bits per heavy atom. The van der Waals surface area contributed by atoms with E-state index < -0.39 is 5.97 Å². The molecule has 0 spiro atoms. The molecule has 0 aromatic rings. The summed E-state index contributed by atoms with van der Waals surface area (Å²) in [4.78, 5) is 9.13. The minimum absolute atomic E-state index is 0. The van der Waals surface area contributed by atoms with Gasteiger partial charge in [-0.05, 0) is 0 Å². The van der Waals surface area contributed by atoms with Gasteiger partial charge in [0.15, 0.2) is 0 Å². The van der Waals surface area contributed by atoms with Crippen molar-refractivity contribution < 1.29 is 31.6 Å². The van der Waals surface area contributed by atoms with Crippen LogP contribution in [0.5, 0.6) is 0 Å². The molecule has 0 atom stereocenters. The number of rotatable bonds is 0. The zero-order chi connectivity index (χ0) is 12.2. The Kier molecular flexibility index (Phi) is 15.7. The van der Waals surface area contributed by atoms with Crippen molar-refractivity contribution in [1.29, 1.82) is 0 Å². The summed E-state index contributed by atoms with van der Waals surface area (Å²) in [6.45, 7) is 10.9.